The number of benzene rings is 1. The van der Waals surface area contributed by atoms with Gasteiger partial charge in [0.1, 0.15) is 11.6 Å². The number of aromatic nitrogens is 1. The lowest BCUT2D eigenvalue weighted by Gasteiger charge is -2.08. The SMILES string of the molecule is CNc1cc([N+](=O)[O-])cc(Nc2cccc(F)c2F)n1. The molecule has 0 aliphatic heterocycles. The molecule has 1 aromatic carbocycles. The van der Waals surface area contributed by atoms with Crippen LogP contribution in [0.15, 0.2) is 30.3 Å². The van der Waals surface area contributed by atoms with Crippen molar-refractivity contribution in [2.45, 2.75) is 0 Å². The van der Waals surface area contributed by atoms with Gasteiger partial charge in [0.25, 0.3) is 5.69 Å². The van der Waals surface area contributed by atoms with Gasteiger partial charge < -0.3 is 10.6 Å². The molecule has 0 aliphatic carbocycles. The molecule has 0 spiro atoms. The number of hydrogen-bond acceptors (Lipinski definition) is 5. The zero-order valence-electron chi connectivity index (χ0n) is 10.4. The standard InChI is InChI=1S/C12H10F2N4O2/c1-15-10-5-7(18(19)20)6-11(17-10)16-9-4-2-3-8(13)12(9)14/h2-6H,1H3,(H2,15,16,17). The average molecular weight is 280 g/mol. The molecule has 1 aromatic heterocycles. The van der Waals surface area contributed by atoms with E-state index in [9.17, 15) is 18.9 Å². The number of halogens is 2. The summed E-state index contributed by atoms with van der Waals surface area (Å²) in [6.45, 7) is 0. The minimum absolute atomic E-state index is 0.0352. The lowest BCUT2D eigenvalue weighted by Crippen LogP contribution is -2.02. The maximum atomic E-state index is 13.5. The molecule has 0 aliphatic rings. The number of nitrogens with zero attached hydrogens (tertiary/aromatic N) is 2. The van der Waals surface area contributed by atoms with Crippen LogP contribution in [0.2, 0.25) is 0 Å². The van der Waals surface area contributed by atoms with Crippen LogP contribution in [-0.2, 0) is 0 Å². The molecule has 2 N–H and O–H groups in total. The number of hydrogen-bond donors (Lipinski definition) is 2. The molecular formula is C12H10F2N4O2. The molecule has 0 atom stereocenters. The van der Waals surface area contributed by atoms with Gasteiger partial charge >= 0.3 is 0 Å². The molecule has 6 nitrogen and oxygen atoms in total. The average Bonchev–Trinajstić information content (AvgIpc) is 2.43. The Hall–Kier alpha value is -2.77. The van der Waals surface area contributed by atoms with Crippen molar-refractivity contribution in [3.8, 4) is 0 Å². The van der Waals surface area contributed by atoms with Crippen molar-refractivity contribution in [2.24, 2.45) is 0 Å². The van der Waals surface area contributed by atoms with E-state index >= 15 is 0 Å². The van der Waals surface area contributed by atoms with E-state index in [1.165, 1.54) is 18.2 Å². The molecule has 8 heteroatoms. The Balaban J connectivity index is 2.40. The van der Waals surface area contributed by atoms with Gasteiger partial charge in [0, 0.05) is 7.05 Å². The van der Waals surface area contributed by atoms with E-state index in [-0.39, 0.29) is 23.0 Å². The van der Waals surface area contributed by atoms with Crippen LogP contribution in [0.3, 0.4) is 0 Å². The summed E-state index contributed by atoms with van der Waals surface area (Å²) in [4.78, 5) is 14.2. The Morgan fingerprint density at radius 3 is 2.60 bits per heavy atom. The van der Waals surface area contributed by atoms with Crippen molar-refractivity contribution >= 4 is 23.0 Å². The Morgan fingerprint density at radius 2 is 1.95 bits per heavy atom. The first-order valence-corrected chi connectivity index (χ1v) is 5.56. The maximum absolute atomic E-state index is 13.5. The Morgan fingerprint density at radius 1 is 1.25 bits per heavy atom. The van der Waals surface area contributed by atoms with Crippen molar-refractivity contribution in [3.05, 3.63) is 52.1 Å². The van der Waals surface area contributed by atoms with Gasteiger partial charge in [-0.2, -0.15) is 0 Å². The van der Waals surface area contributed by atoms with Gasteiger partial charge in [0.05, 0.1) is 22.7 Å². The fourth-order valence-electron chi connectivity index (χ4n) is 1.55. The van der Waals surface area contributed by atoms with Crippen LogP contribution < -0.4 is 10.6 Å². The first-order valence-electron chi connectivity index (χ1n) is 5.56. The predicted molar refractivity (Wildman–Crippen MR) is 70.1 cm³/mol. The lowest BCUT2D eigenvalue weighted by molar-refractivity contribution is -0.384. The van der Waals surface area contributed by atoms with Crippen molar-refractivity contribution < 1.29 is 13.7 Å². The maximum Gasteiger partial charge on any atom is 0.276 e. The third-order valence-electron chi connectivity index (χ3n) is 2.49. The summed E-state index contributed by atoms with van der Waals surface area (Å²) in [5.74, 6) is -1.83. The van der Waals surface area contributed by atoms with Crippen LogP contribution in [0, 0.1) is 21.7 Å². The van der Waals surface area contributed by atoms with Crippen LogP contribution >= 0.6 is 0 Å². The molecule has 1 heterocycles. The van der Waals surface area contributed by atoms with E-state index in [1.54, 1.807) is 7.05 Å². The molecule has 0 fully saturated rings. The van der Waals surface area contributed by atoms with E-state index in [0.29, 0.717) is 0 Å². The summed E-state index contributed by atoms with van der Waals surface area (Å²) < 4.78 is 26.6. The zero-order valence-corrected chi connectivity index (χ0v) is 10.4. The van der Waals surface area contributed by atoms with E-state index in [2.05, 4.69) is 15.6 Å². The second kappa shape index (κ2) is 5.47. The van der Waals surface area contributed by atoms with Crippen LogP contribution in [-0.4, -0.2) is 17.0 Å². The highest BCUT2D eigenvalue weighted by Crippen LogP contribution is 2.25. The highest BCUT2D eigenvalue weighted by atomic mass is 19.2. The van der Waals surface area contributed by atoms with Crippen molar-refractivity contribution in [3.63, 3.8) is 0 Å². The van der Waals surface area contributed by atoms with Gasteiger partial charge in [-0.15, -0.1) is 0 Å². The second-order valence-corrected chi connectivity index (χ2v) is 3.83. The van der Waals surface area contributed by atoms with Gasteiger partial charge in [0.2, 0.25) is 0 Å². The number of nitro groups is 1. The van der Waals surface area contributed by atoms with Crippen LogP contribution in [0.1, 0.15) is 0 Å². The third kappa shape index (κ3) is 2.79. The fraction of sp³-hybridized carbons (Fsp3) is 0.0833. The molecule has 0 unspecified atom stereocenters. The zero-order chi connectivity index (χ0) is 14.7. The molecule has 0 bridgehead atoms. The van der Waals surface area contributed by atoms with Gasteiger partial charge in [-0.3, -0.25) is 10.1 Å². The summed E-state index contributed by atoms with van der Waals surface area (Å²) in [7, 11) is 1.54. The minimum atomic E-state index is -1.08. The van der Waals surface area contributed by atoms with Crippen LogP contribution in [0.25, 0.3) is 0 Å². The fourth-order valence-corrected chi connectivity index (χ4v) is 1.55. The molecule has 0 saturated heterocycles. The summed E-state index contributed by atoms with van der Waals surface area (Å²) in [5, 5.41) is 15.9. The summed E-state index contributed by atoms with van der Waals surface area (Å²) in [6, 6.07) is 5.95. The highest BCUT2D eigenvalue weighted by Gasteiger charge is 2.13. The first-order chi connectivity index (χ1) is 9.51. The molecule has 2 rings (SSSR count). The van der Waals surface area contributed by atoms with Gasteiger partial charge in [-0.25, -0.2) is 13.8 Å². The lowest BCUT2D eigenvalue weighted by atomic mass is 10.3. The van der Waals surface area contributed by atoms with E-state index in [0.717, 1.165) is 12.1 Å². The third-order valence-corrected chi connectivity index (χ3v) is 2.49. The largest absolute Gasteiger partial charge is 0.373 e. The molecular weight excluding hydrogens is 270 g/mol. The Kier molecular flexibility index (Phi) is 3.74. The van der Waals surface area contributed by atoms with E-state index in [1.807, 2.05) is 0 Å². The smallest absolute Gasteiger partial charge is 0.276 e. The van der Waals surface area contributed by atoms with Crippen molar-refractivity contribution in [1.82, 2.24) is 4.98 Å². The Labute approximate surface area is 112 Å². The molecule has 0 amide bonds. The number of anilines is 3. The number of pyridine rings is 1. The van der Waals surface area contributed by atoms with E-state index in [4.69, 9.17) is 0 Å². The van der Waals surface area contributed by atoms with Crippen molar-refractivity contribution in [1.29, 1.82) is 0 Å². The predicted octanol–water partition coefficient (Wildman–Crippen LogP) is 3.05. The Bertz CT molecular complexity index is 664. The van der Waals surface area contributed by atoms with E-state index < -0.39 is 16.6 Å². The van der Waals surface area contributed by atoms with Gasteiger partial charge in [-0.05, 0) is 12.1 Å². The molecule has 20 heavy (non-hydrogen) atoms. The quantitative estimate of drug-likeness (QED) is 0.664. The highest BCUT2D eigenvalue weighted by molar-refractivity contribution is 5.62. The molecule has 0 radical (unpaired) electrons. The summed E-state index contributed by atoms with van der Waals surface area (Å²) >= 11 is 0. The number of rotatable bonds is 4. The van der Waals surface area contributed by atoms with Gasteiger partial charge in [-0.1, -0.05) is 6.07 Å². The molecule has 2 aromatic rings. The van der Waals surface area contributed by atoms with Gasteiger partial charge in [0.15, 0.2) is 11.6 Å². The molecule has 104 valence electrons. The minimum Gasteiger partial charge on any atom is -0.373 e. The normalized spacial score (nSPS) is 10.2. The summed E-state index contributed by atoms with van der Waals surface area (Å²) in [6.07, 6.45) is 0. The number of nitrogens with one attached hydrogen (secondary N) is 2. The topological polar surface area (TPSA) is 80.1 Å². The van der Waals surface area contributed by atoms with Crippen LogP contribution in [0.4, 0.5) is 31.8 Å². The van der Waals surface area contributed by atoms with Crippen LogP contribution in [0.5, 0.6) is 0 Å². The second-order valence-electron chi connectivity index (χ2n) is 3.83. The molecule has 0 saturated carbocycles. The first kappa shape index (κ1) is 13.7. The van der Waals surface area contributed by atoms with Crippen molar-refractivity contribution in [2.75, 3.05) is 17.7 Å². The monoisotopic (exact) mass is 280 g/mol. The summed E-state index contributed by atoms with van der Waals surface area (Å²) in [5.41, 5.74) is -0.372.